The molecule has 2 nitrogen and oxygen atoms in total. The SMILES string of the molecule is COC1CC(NC(C)c2ccc(C)c(C)c2)C1(C)C. The van der Waals surface area contributed by atoms with Gasteiger partial charge < -0.3 is 10.1 Å². The van der Waals surface area contributed by atoms with Crippen LogP contribution >= 0.6 is 0 Å². The number of methoxy groups -OCH3 is 1. The van der Waals surface area contributed by atoms with E-state index in [1.807, 2.05) is 7.11 Å². The number of ether oxygens (including phenoxy) is 1. The van der Waals surface area contributed by atoms with Gasteiger partial charge in [-0.2, -0.15) is 0 Å². The van der Waals surface area contributed by atoms with E-state index in [2.05, 4.69) is 58.1 Å². The molecule has 1 aliphatic rings. The van der Waals surface area contributed by atoms with Crippen LogP contribution in [0.1, 0.15) is 49.9 Å². The van der Waals surface area contributed by atoms with E-state index in [4.69, 9.17) is 4.74 Å². The van der Waals surface area contributed by atoms with Crippen molar-refractivity contribution in [3.8, 4) is 0 Å². The molecular formula is C17H27NO. The number of rotatable bonds is 4. The van der Waals surface area contributed by atoms with Crippen molar-refractivity contribution in [2.24, 2.45) is 5.41 Å². The van der Waals surface area contributed by atoms with Crippen LogP contribution in [0.15, 0.2) is 18.2 Å². The van der Waals surface area contributed by atoms with E-state index in [0.717, 1.165) is 6.42 Å². The highest BCUT2D eigenvalue weighted by atomic mass is 16.5. The molecule has 106 valence electrons. The molecule has 2 rings (SSSR count). The molecular weight excluding hydrogens is 234 g/mol. The largest absolute Gasteiger partial charge is 0.381 e. The maximum absolute atomic E-state index is 5.51. The number of aryl methyl sites for hydroxylation is 2. The zero-order chi connectivity index (χ0) is 14.2. The molecule has 1 saturated carbocycles. The molecule has 1 aliphatic carbocycles. The predicted octanol–water partition coefficient (Wildman–Crippen LogP) is 3.77. The van der Waals surface area contributed by atoms with Gasteiger partial charge in [0.25, 0.3) is 0 Å². The van der Waals surface area contributed by atoms with Crippen molar-refractivity contribution in [1.82, 2.24) is 5.32 Å². The van der Waals surface area contributed by atoms with Crippen LogP contribution in [-0.2, 0) is 4.74 Å². The van der Waals surface area contributed by atoms with E-state index in [-0.39, 0.29) is 5.41 Å². The Morgan fingerprint density at radius 1 is 1.26 bits per heavy atom. The summed E-state index contributed by atoms with van der Waals surface area (Å²) in [7, 11) is 1.81. The normalized spacial score (nSPS) is 26.8. The van der Waals surface area contributed by atoms with Gasteiger partial charge in [0, 0.05) is 24.6 Å². The van der Waals surface area contributed by atoms with E-state index in [1.165, 1.54) is 16.7 Å². The summed E-state index contributed by atoms with van der Waals surface area (Å²) in [5, 5.41) is 3.75. The highest BCUT2D eigenvalue weighted by Gasteiger charge is 2.48. The van der Waals surface area contributed by atoms with Crippen LogP contribution in [-0.4, -0.2) is 19.3 Å². The van der Waals surface area contributed by atoms with E-state index in [1.54, 1.807) is 0 Å². The predicted molar refractivity (Wildman–Crippen MR) is 80.4 cm³/mol. The van der Waals surface area contributed by atoms with Crippen molar-refractivity contribution in [1.29, 1.82) is 0 Å². The molecule has 1 N–H and O–H groups in total. The van der Waals surface area contributed by atoms with Crippen molar-refractivity contribution < 1.29 is 4.74 Å². The zero-order valence-corrected chi connectivity index (χ0v) is 13.1. The summed E-state index contributed by atoms with van der Waals surface area (Å²) in [6, 6.07) is 7.68. The number of hydrogen-bond donors (Lipinski definition) is 1. The smallest absolute Gasteiger partial charge is 0.0652 e. The first-order valence-corrected chi connectivity index (χ1v) is 7.22. The van der Waals surface area contributed by atoms with E-state index >= 15 is 0 Å². The third kappa shape index (κ3) is 2.70. The second-order valence-electron chi connectivity index (χ2n) is 6.57. The summed E-state index contributed by atoms with van der Waals surface area (Å²) in [5.74, 6) is 0. The molecule has 3 atom stereocenters. The first kappa shape index (κ1) is 14.5. The van der Waals surface area contributed by atoms with Crippen LogP contribution in [0.5, 0.6) is 0 Å². The Labute approximate surface area is 117 Å². The van der Waals surface area contributed by atoms with Crippen molar-refractivity contribution in [3.63, 3.8) is 0 Å². The van der Waals surface area contributed by atoms with Crippen molar-refractivity contribution in [2.75, 3.05) is 7.11 Å². The van der Waals surface area contributed by atoms with Gasteiger partial charge in [0.1, 0.15) is 0 Å². The molecule has 0 bridgehead atoms. The average Bonchev–Trinajstić information content (AvgIpc) is 2.36. The molecule has 0 heterocycles. The lowest BCUT2D eigenvalue weighted by molar-refractivity contribution is -0.0999. The molecule has 1 fully saturated rings. The van der Waals surface area contributed by atoms with Crippen LogP contribution in [0, 0.1) is 19.3 Å². The maximum Gasteiger partial charge on any atom is 0.0652 e. The number of nitrogens with one attached hydrogen (secondary N) is 1. The van der Waals surface area contributed by atoms with Gasteiger partial charge in [-0.1, -0.05) is 32.0 Å². The van der Waals surface area contributed by atoms with Gasteiger partial charge in [0.05, 0.1) is 6.10 Å². The number of hydrogen-bond acceptors (Lipinski definition) is 2. The fraction of sp³-hybridized carbons (Fsp3) is 0.647. The lowest BCUT2D eigenvalue weighted by atomic mass is 9.64. The second kappa shape index (κ2) is 5.26. The van der Waals surface area contributed by atoms with Gasteiger partial charge in [-0.25, -0.2) is 0 Å². The molecule has 0 aliphatic heterocycles. The second-order valence-corrected chi connectivity index (χ2v) is 6.57. The molecule has 0 saturated heterocycles. The van der Waals surface area contributed by atoms with Gasteiger partial charge in [0.15, 0.2) is 0 Å². The van der Waals surface area contributed by atoms with Crippen LogP contribution in [0.3, 0.4) is 0 Å². The van der Waals surface area contributed by atoms with Gasteiger partial charge in [0.2, 0.25) is 0 Å². The minimum absolute atomic E-state index is 0.225. The van der Waals surface area contributed by atoms with E-state index in [0.29, 0.717) is 18.2 Å². The first-order valence-electron chi connectivity index (χ1n) is 7.22. The van der Waals surface area contributed by atoms with Crippen LogP contribution in [0.25, 0.3) is 0 Å². The Morgan fingerprint density at radius 2 is 1.95 bits per heavy atom. The van der Waals surface area contributed by atoms with Crippen LogP contribution in [0.4, 0.5) is 0 Å². The molecule has 1 aromatic rings. The molecule has 19 heavy (non-hydrogen) atoms. The van der Waals surface area contributed by atoms with Gasteiger partial charge >= 0.3 is 0 Å². The summed E-state index contributed by atoms with van der Waals surface area (Å²) >= 11 is 0. The first-order chi connectivity index (χ1) is 8.86. The molecule has 0 spiro atoms. The summed E-state index contributed by atoms with van der Waals surface area (Å²) in [6.45, 7) is 11.2. The Balaban J connectivity index is 2.02. The standard InChI is InChI=1S/C17H27NO/c1-11-7-8-14(9-12(11)2)13(3)18-15-10-16(19-6)17(15,4)5/h7-9,13,15-16,18H,10H2,1-6H3. The fourth-order valence-corrected chi connectivity index (χ4v) is 3.00. The summed E-state index contributed by atoms with van der Waals surface area (Å²) in [4.78, 5) is 0. The van der Waals surface area contributed by atoms with Crippen molar-refractivity contribution in [3.05, 3.63) is 34.9 Å². The molecule has 2 heteroatoms. The summed E-state index contributed by atoms with van der Waals surface area (Å²) < 4.78 is 5.51. The highest BCUT2D eigenvalue weighted by Crippen LogP contribution is 2.43. The third-order valence-corrected chi connectivity index (χ3v) is 4.94. The van der Waals surface area contributed by atoms with Crippen LogP contribution < -0.4 is 5.32 Å². The van der Waals surface area contributed by atoms with Gasteiger partial charge in [-0.05, 0) is 43.9 Å². The zero-order valence-electron chi connectivity index (χ0n) is 13.1. The average molecular weight is 261 g/mol. The molecule has 0 aromatic heterocycles. The van der Waals surface area contributed by atoms with E-state index in [9.17, 15) is 0 Å². The molecule has 3 unspecified atom stereocenters. The fourth-order valence-electron chi connectivity index (χ4n) is 3.00. The topological polar surface area (TPSA) is 21.3 Å². The quantitative estimate of drug-likeness (QED) is 0.891. The van der Waals surface area contributed by atoms with Crippen LogP contribution in [0.2, 0.25) is 0 Å². The minimum Gasteiger partial charge on any atom is -0.381 e. The maximum atomic E-state index is 5.51. The lowest BCUT2D eigenvalue weighted by Gasteiger charge is -2.52. The Bertz CT molecular complexity index is 453. The van der Waals surface area contributed by atoms with Gasteiger partial charge in [-0.15, -0.1) is 0 Å². The lowest BCUT2D eigenvalue weighted by Crippen LogP contribution is -2.60. The third-order valence-electron chi connectivity index (χ3n) is 4.94. The van der Waals surface area contributed by atoms with Gasteiger partial charge in [-0.3, -0.25) is 0 Å². The van der Waals surface area contributed by atoms with Crippen molar-refractivity contribution in [2.45, 2.75) is 59.2 Å². The number of benzene rings is 1. The Kier molecular flexibility index (Phi) is 4.03. The monoisotopic (exact) mass is 261 g/mol. The molecule has 1 aromatic carbocycles. The minimum atomic E-state index is 0.225. The summed E-state index contributed by atoms with van der Waals surface area (Å²) in [5.41, 5.74) is 4.33. The van der Waals surface area contributed by atoms with Crippen molar-refractivity contribution >= 4 is 0 Å². The molecule has 0 amide bonds. The highest BCUT2D eigenvalue weighted by molar-refractivity contribution is 5.31. The van der Waals surface area contributed by atoms with E-state index < -0.39 is 0 Å². The Morgan fingerprint density at radius 3 is 2.47 bits per heavy atom. The molecule has 0 radical (unpaired) electrons. The summed E-state index contributed by atoms with van der Waals surface area (Å²) in [6.07, 6.45) is 1.50. The Hall–Kier alpha value is -0.860.